The number of epoxide rings is 1. The van der Waals surface area contributed by atoms with Crippen molar-refractivity contribution in [1.82, 2.24) is 0 Å². The first-order valence-corrected chi connectivity index (χ1v) is 10.3. The topological polar surface area (TPSA) is 51.2 Å². The summed E-state index contributed by atoms with van der Waals surface area (Å²) in [6.07, 6.45) is 4.89. The minimum absolute atomic E-state index is 0.0145. The van der Waals surface area contributed by atoms with Gasteiger partial charge >= 0.3 is 0 Å². The van der Waals surface area contributed by atoms with E-state index < -0.39 is 8.07 Å². The summed E-state index contributed by atoms with van der Waals surface area (Å²) in [7, 11) is -1.03. The Kier molecular flexibility index (Phi) is 7.10. The van der Waals surface area contributed by atoms with E-state index in [1.165, 1.54) is 0 Å². The van der Waals surface area contributed by atoms with Crippen LogP contribution in [0.25, 0.3) is 0 Å². The van der Waals surface area contributed by atoms with Crippen LogP contribution in [0.3, 0.4) is 0 Å². The van der Waals surface area contributed by atoms with E-state index in [1.807, 2.05) is 12.2 Å². The minimum Gasteiger partial charge on any atom is -0.393 e. The SMILES string of the molecule is C[Si](C)(C)CCOCO[C@@H](/C=C\C[C@@H]1CO1)CO. The average molecular weight is 274 g/mol. The van der Waals surface area contributed by atoms with Crippen molar-refractivity contribution < 1.29 is 19.3 Å². The van der Waals surface area contributed by atoms with Crippen molar-refractivity contribution in [3.8, 4) is 0 Å². The van der Waals surface area contributed by atoms with E-state index in [2.05, 4.69) is 19.6 Å². The fraction of sp³-hybridized carbons (Fsp3) is 0.846. The molecule has 1 aliphatic heterocycles. The molecule has 0 aromatic carbocycles. The predicted molar refractivity (Wildman–Crippen MR) is 74.4 cm³/mol. The molecule has 0 aliphatic carbocycles. The first-order valence-electron chi connectivity index (χ1n) is 6.60. The van der Waals surface area contributed by atoms with Crippen LogP contribution in [0, 0.1) is 0 Å². The van der Waals surface area contributed by atoms with Crippen molar-refractivity contribution in [2.45, 2.75) is 44.3 Å². The normalized spacial score (nSPS) is 21.4. The number of hydrogen-bond donors (Lipinski definition) is 1. The largest absolute Gasteiger partial charge is 0.393 e. The first kappa shape index (κ1) is 15.9. The zero-order valence-corrected chi connectivity index (χ0v) is 12.7. The molecule has 2 atom stereocenters. The van der Waals surface area contributed by atoms with Crippen molar-refractivity contribution in [2.24, 2.45) is 0 Å². The second-order valence-corrected chi connectivity index (χ2v) is 11.5. The molecule has 4 nitrogen and oxygen atoms in total. The molecule has 1 heterocycles. The van der Waals surface area contributed by atoms with Gasteiger partial charge in [0.1, 0.15) is 12.9 Å². The molecule has 0 spiro atoms. The molecule has 106 valence electrons. The zero-order chi connectivity index (χ0) is 13.4. The molecule has 0 saturated carbocycles. The molecule has 1 aliphatic rings. The highest BCUT2D eigenvalue weighted by atomic mass is 28.3. The Hall–Kier alpha value is -0.203. The van der Waals surface area contributed by atoms with Crippen LogP contribution in [0.2, 0.25) is 25.7 Å². The van der Waals surface area contributed by atoms with Gasteiger partial charge in [0.25, 0.3) is 0 Å². The van der Waals surface area contributed by atoms with Gasteiger partial charge in [-0.1, -0.05) is 31.8 Å². The summed E-state index contributed by atoms with van der Waals surface area (Å²) in [5, 5.41) is 9.14. The fourth-order valence-electron chi connectivity index (χ4n) is 1.33. The minimum atomic E-state index is -1.03. The van der Waals surface area contributed by atoms with Crippen LogP contribution in [0.1, 0.15) is 6.42 Å². The van der Waals surface area contributed by atoms with E-state index >= 15 is 0 Å². The van der Waals surface area contributed by atoms with Crippen LogP contribution in [0.4, 0.5) is 0 Å². The highest BCUT2D eigenvalue weighted by Gasteiger charge is 2.20. The molecule has 0 bridgehead atoms. The highest BCUT2D eigenvalue weighted by molar-refractivity contribution is 6.76. The summed E-state index contributed by atoms with van der Waals surface area (Å²) in [6, 6.07) is 1.13. The van der Waals surface area contributed by atoms with E-state index in [0.717, 1.165) is 25.7 Å². The van der Waals surface area contributed by atoms with Crippen molar-refractivity contribution in [3.63, 3.8) is 0 Å². The summed E-state index contributed by atoms with van der Waals surface area (Å²) < 4.78 is 15.9. The molecular weight excluding hydrogens is 248 g/mol. The van der Waals surface area contributed by atoms with Gasteiger partial charge in [0.05, 0.1) is 19.3 Å². The number of rotatable bonds is 10. The quantitative estimate of drug-likeness (QED) is 0.218. The maximum absolute atomic E-state index is 9.14. The van der Waals surface area contributed by atoms with Gasteiger partial charge in [-0.3, -0.25) is 0 Å². The lowest BCUT2D eigenvalue weighted by Crippen LogP contribution is -2.23. The summed E-state index contributed by atoms with van der Waals surface area (Å²) in [5.74, 6) is 0. The zero-order valence-electron chi connectivity index (χ0n) is 11.7. The van der Waals surface area contributed by atoms with Gasteiger partial charge in [-0.2, -0.15) is 0 Å². The molecule has 5 heteroatoms. The third-order valence-corrected chi connectivity index (χ3v) is 4.40. The van der Waals surface area contributed by atoms with Gasteiger partial charge in [0.15, 0.2) is 0 Å². The fourth-order valence-corrected chi connectivity index (χ4v) is 2.08. The lowest BCUT2D eigenvalue weighted by molar-refractivity contribution is -0.0837. The van der Waals surface area contributed by atoms with Gasteiger partial charge < -0.3 is 19.3 Å². The van der Waals surface area contributed by atoms with E-state index in [1.54, 1.807) is 0 Å². The number of ether oxygens (including phenoxy) is 3. The molecular formula is C13H26O4Si. The maximum atomic E-state index is 9.14. The predicted octanol–water partition coefficient (Wildman–Crippen LogP) is 2.02. The summed E-state index contributed by atoms with van der Waals surface area (Å²) in [5.41, 5.74) is 0. The molecule has 1 saturated heterocycles. The van der Waals surface area contributed by atoms with Crippen molar-refractivity contribution in [3.05, 3.63) is 12.2 Å². The summed E-state index contributed by atoms with van der Waals surface area (Å²) in [4.78, 5) is 0. The average Bonchev–Trinajstić information content (AvgIpc) is 3.08. The third kappa shape index (κ3) is 8.83. The van der Waals surface area contributed by atoms with Crippen LogP contribution in [-0.4, -0.2) is 52.0 Å². The Bertz CT molecular complexity index is 246. The van der Waals surface area contributed by atoms with E-state index in [9.17, 15) is 0 Å². The van der Waals surface area contributed by atoms with E-state index in [0.29, 0.717) is 6.10 Å². The van der Waals surface area contributed by atoms with Gasteiger partial charge in [-0.15, -0.1) is 0 Å². The molecule has 0 amide bonds. The number of hydrogen-bond acceptors (Lipinski definition) is 4. The Morgan fingerprint density at radius 3 is 2.72 bits per heavy atom. The second-order valence-electron chi connectivity index (χ2n) is 5.84. The molecule has 0 aromatic rings. The van der Waals surface area contributed by atoms with Gasteiger partial charge in [0, 0.05) is 14.7 Å². The lowest BCUT2D eigenvalue weighted by Gasteiger charge is -2.16. The molecule has 0 radical (unpaired) electrons. The van der Waals surface area contributed by atoms with Crippen molar-refractivity contribution in [2.75, 3.05) is 26.6 Å². The molecule has 1 rings (SSSR count). The van der Waals surface area contributed by atoms with Crippen LogP contribution < -0.4 is 0 Å². The van der Waals surface area contributed by atoms with Gasteiger partial charge in [-0.25, -0.2) is 0 Å². The maximum Gasteiger partial charge on any atom is 0.147 e. The Balaban J connectivity index is 2.01. The Labute approximate surface area is 111 Å². The van der Waals surface area contributed by atoms with Crippen LogP contribution in [-0.2, 0) is 14.2 Å². The first-order chi connectivity index (χ1) is 8.51. The molecule has 1 N–H and O–H groups in total. The Morgan fingerprint density at radius 1 is 1.44 bits per heavy atom. The monoisotopic (exact) mass is 274 g/mol. The van der Waals surface area contributed by atoms with Crippen molar-refractivity contribution >= 4 is 8.07 Å². The van der Waals surface area contributed by atoms with Gasteiger partial charge in [0.2, 0.25) is 0 Å². The van der Waals surface area contributed by atoms with Gasteiger partial charge in [-0.05, 0) is 12.5 Å². The smallest absolute Gasteiger partial charge is 0.147 e. The van der Waals surface area contributed by atoms with Crippen LogP contribution in [0.5, 0.6) is 0 Å². The third-order valence-electron chi connectivity index (χ3n) is 2.69. The highest BCUT2D eigenvalue weighted by Crippen LogP contribution is 2.14. The molecule has 18 heavy (non-hydrogen) atoms. The Morgan fingerprint density at radius 2 is 2.17 bits per heavy atom. The molecule has 1 fully saturated rings. The standard InChI is InChI=1S/C13H26O4Si/c1-18(2,3)8-7-15-11-17-12(9-14)5-4-6-13-10-16-13/h4-5,12-14H,6-11H2,1-3H3/b5-4-/t12-,13+/m0/s1. The van der Waals surface area contributed by atoms with Crippen LogP contribution in [0.15, 0.2) is 12.2 Å². The van der Waals surface area contributed by atoms with E-state index in [4.69, 9.17) is 19.3 Å². The summed E-state index contributed by atoms with van der Waals surface area (Å²) >= 11 is 0. The summed E-state index contributed by atoms with van der Waals surface area (Å²) in [6.45, 7) is 8.78. The van der Waals surface area contributed by atoms with Crippen LogP contribution >= 0.6 is 0 Å². The molecule has 0 aromatic heterocycles. The van der Waals surface area contributed by atoms with E-state index in [-0.39, 0.29) is 19.5 Å². The second kappa shape index (κ2) is 8.07. The number of aliphatic hydroxyl groups is 1. The van der Waals surface area contributed by atoms with Crippen molar-refractivity contribution in [1.29, 1.82) is 0 Å². The number of aliphatic hydroxyl groups excluding tert-OH is 1. The molecule has 0 unspecified atom stereocenters. The lowest BCUT2D eigenvalue weighted by atomic mass is 10.2.